The number of benzene rings is 1. The van der Waals surface area contributed by atoms with Gasteiger partial charge < -0.3 is 9.84 Å². The van der Waals surface area contributed by atoms with E-state index in [4.69, 9.17) is 21.4 Å². The van der Waals surface area contributed by atoms with Gasteiger partial charge in [0.1, 0.15) is 17.5 Å². The van der Waals surface area contributed by atoms with E-state index in [9.17, 15) is 4.79 Å². The Morgan fingerprint density at radius 2 is 2.05 bits per heavy atom. The summed E-state index contributed by atoms with van der Waals surface area (Å²) in [5.74, 6) is -0.373. The Labute approximate surface area is 115 Å². The normalized spacial score (nSPS) is 10.5. The lowest BCUT2D eigenvalue weighted by atomic mass is 10.2. The predicted octanol–water partition coefficient (Wildman–Crippen LogP) is 2.66. The number of hydrogen-bond donors (Lipinski definition) is 1. The molecule has 0 atom stereocenters. The van der Waals surface area contributed by atoms with Gasteiger partial charge in [-0.05, 0) is 31.2 Å². The maximum atomic E-state index is 10.7. The minimum Gasteiger partial charge on any atom is -0.489 e. The number of halogens is 1. The summed E-state index contributed by atoms with van der Waals surface area (Å²) >= 11 is 6.09. The van der Waals surface area contributed by atoms with Crippen molar-refractivity contribution in [3.8, 4) is 5.75 Å². The van der Waals surface area contributed by atoms with Crippen LogP contribution < -0.4 is 4.74 Å². The lowest BCUT2D eigenvalue weighted by Crippen LogP contribution is -1.99. The number of hydrogen-bond acceptors (Lipinski definition) is 3. The number of rotatable bonds is 4. The first-order valence-electron chi connectivity index (χ1n) is 5.63. The quantitative estimate of drug-likeness (QED) is 0.935. The second-order valence-electron chi connectivity index (χ2n) is 4.10. The van der Waals surface area contributed by atoms with E-state index in [1.807, 2.05) is 6.92 Å². The van der Waals surface area contributed by atoms with Crippen molar-refractivity contribution < 1.29 is 14.6 Å². The van der Waals surface area contributed by atoms with Crippen molar-refractivity contribution in [2.24, 2.45) is 7.05 Å². The highest BCUT2D eigenvalue weighted by Gasteiger charge is 2.11. The summed E-state index contributed by atoms with van der Waals surface area (Å²) in [7, 11) is 1.76. The molecule has 1 heterocycles. The van der Waals surface area contributed by atoms with Gasteiger partial charge >= 0.3 is 5.97 Å². The number of aromatic nitrogens is 2. The topological polar surface area (TPSA) is 64.4 Å². The number of ether oxygens (including phenoxy) is 1. The Hall–Kier alpha value is -2.01. The first kappa shape index (κ1) is 13.4. The summed E-state index contributed by atoms with van der Waals surface area (Å²) in [4.78, 5) is 10.7. The van der Waals surface area contributed by atoms with Crippen molar-refractivity contribution in [1.82, 2.24) is 9.78 Å². The highest BCUT2D eigenvalue weighted by molar-refractivity contribution is 6.30. The first-order chi connectivity index (χ1) is 8.99. The summed E-state index contributed by atoms with van der Waals surface area (Å²) in [6, 6.07) is 6.22. The Balaban J connectivity index is 2.08. The third kappa shape index (κ3) is 2.88. The molecule has 5 nitrogen and oxygen atoms in total. The zero-order valence-electron chi connectivity index (χ0n) is 10.6. The molecule has 1 aromatic carbocycles. The fraction of sp³-hybridized carbons (Fsp3) is 0.231. The van der Waals surface area contributed by atoms with E-state index in [1.54, 1.807) is 23.9 Å². The largest absolute Gasteiger partial charge is 0.489 e. The van der Waals surface area contributed by atoms with Gasteiger partial charge in [-0.2, -0.15) is 5.10 Å². The summed E-state index contributed by atoms with van der Waals surface area (Å²) < 4.78 is 7.16. The first-order valence-corrected chi connectivity index (χ1v) is 6.01. The average Bonchev–Trinajstić information content (AvgIpc) is 2.62. The Bertz CT molecular complexity index is 605. The molecule has 0 bridgehead atoms. The molecule has 0 saturated heterocycles. The number of aryl methyl sites for hydroxylation is 2. The fourth-order valence-corrected chi connectivity index (χ4v) is 1.92. The number of carbonyl (C=O) groups is 1. The van der Waals surface area contributed by atoms with Crippen LogP contribution in [0.4, 0.5) is 0 Å². The van der Waals surface area contributed by atoms with Crippen molar-refractivity contribution in [1.29, 1.82) is 0 Å². The Morgan fingerprint density at radius 3 is 2.53 bits per heavy atom. The van der Waals surface area contributed by atoms with Crippen LogP contribution in [-0.4, -0.2) is 20.9 Å². The summed E-state index contributed by atoms with van der Waals surface area (Å²) in [5, 5.41) is 13.5. The maximum absolute atomic E-state index is 10.7. The predicted molar refractivity (Wildman–Crippen MR) is 70.7 cm³/mol. The lowest BCUT2D eigenvalue weighted by Gasteiger charge is -2.06. The van der Waals surface area contributed by atoms with E-state index in [0.29, 0.717) is 17.5 Å². The van der Waals surface area contributed by atoms with Gasteiger partial charge in [-0.3, -0.25) is 4.68 Å². The summed E-state index contributed by atoms with van der Waals surface area (Å²) in [6.07, 6.45) is 0. The molecule has 6 heteroatoms. The van der Waals surface area contributed by atoms with Gasteiger partial charge in [0.2, 0.25) is 0 Å². The van der Waals surface area contributed by atoms with Gasteiger partial charge in [0.05, 0.1) is 11.3 Å². The average molecular weight is 281 g/mol. The number of nitrogens with zero attached hydrogens (tertiary/aromatic N) is 2. The molecule has 2 aromatic rings. The number of carboxylic acids is 1. The van der Waals surface area contributed by atoms with Crippen LogP contribution in [0.1, 0.15) is 21.6 Å². The van der Waals surface area contributed by atoms with Gasteiger partial charge in [-0.15, -0.1) is 0 Å². The molecular weight excluding hydrogens is 268 g/mol. The monoisotopic (exact) mass is 280 g/mol. The molecule has 0 saturated carbocycles. The minimum atomic E-state index is -0.960. The van der Waals surface area contributed by atoms with E-state index in [-0.39, 0.29) is 5.56 Å². The Kier molecular flexibility index (Phi) is 3.76. The highest BCUT2D eigenvalue weighted by Crippen LogP contribution is 2.21. The van der Waals surface area contributed by atoms with Crippen molar-refractivity contribution in [3.63, 3.8) is 0 Å². The molecule has 0 fully saturated rings. The van der Waals surface area contributed by atoms with Crippen LogP contribution in [-0.2, 0) is 13.7 Å². The molecule has 1 aromatic heterocycles. The van der Waals surface area contributed by atoms with Gasteiger partial charge in [0.25, 0.3) is 0 Å². The van der Waals surface area contributed by atoms with Crippen LogP contribution in [0.2, 0.25) is 5.15 Å². The van der Waals surface area contributed by atoms with Crippen LogP contribution >= 0.6 is 11.6 Å². The van der Waals surface area contributed by atoms with Gasteiger partial charge in [-0.1, -0.05) is 11.6 Å². The number of aromatic carboxylic acids is 1. The van der Waals surface area contributed by atoms with E-state index in [0.717, 1.165) is 11.3 Å². The minimum absolute atomic E-state index is 0.225. The van der Waals surface area contributed by atoms with E-state index < -0.39 is 5.97 Å². The highest BCUT2D eigenvalue weighted by atomic mass is 35.5. The maximum Gasteiger partial charge on any atom is 0.335 e. The molecule has 19 heavy (non-hydrogen) atoms. The van der Waals surface area contributed by atoms with Crippen molar-refractivity contribution in [3.05, 3.63) is 46.2 Å². The third-order valence-electron chi connectivity index (χ3n) is 2.75. The molecular formula is C13H13ClN2O3. The van der Waals surface area contributed by atoms with Crippen LogP contribution in [0.15, 0.2) is 24.3 Å². The molecule has 0 amide bonds. The van der Waals surface area contributed by atoms with Crippen LogP contribution in [0, 0.1) is 6.92 Å². The van der Waals surface area contributed by atoms with E-state index in [2.05, 4.69) is 5.10 Å². The molecule has 2 rings (SSSR count). The molecule has 0 aliphatic carbocycles. The van der Waals surface area contributed by atoms with E-state index >= 15 is 0 Å². The van der Waals surface area contributed by atoms with Crippen molar-refractivity contribution >= 4 is 17.6 Å². The van der Waals surface area contributed by atoms with Crippen molar-refractivity contribution in [2.75, 3.05) is 0 Å². The zero-order chi connectivity index (χ0) is 14.0. The molecule has 1 N–H and O–H groups in total. The van der Waals surface area contributed by atoms with Crippen LogP contribution in [0.25, 0.3) is 0 Å². The third-order valence-corrected chi connectivity index (χ3v) is 3.23. The summed E-state index contributed by atoms with van der Waals surface area (Å²) in [6.45, 7) is 2.16. The number of carboxylic acid groups (broad SMARTS) is 1. The van der Waals surface area contributed by atoms with Crippen molar-refractivity contribution in [2.45, 2.75) is 13.5 Å². The van der Waals surface area contributed by atoms with Gasteiger partial charge in [0.15, 0.2) is 0 Å². The molecule has 0 unspecified atom stereocenters. The zero-order valence-corrected chi connectivity index (χ0v) is 11.3. The molecule has 0 spiro atoms. The smallest absolute Gasteiger partial charge is 0.335 e. The standard InChI is InChI=1S/C13H13ClN2O3/c1-8-11(12(14)16(2)15-8)7-19-10-5-3-9(4-6-10)13(17)18/h3-6H,7H2,1-2H3,(H,17,18). The van der Waals surface area contributed by atoms with Crippen LogP contribution in [0.5, 0.6) is 5.75 Å². The molecule has 0 radical (unpaired) electrons. The van der Waals surface area contributed by atoms with E-state index in [1.165, 1.54) is 12.1 Å². The van der Waals surface area contributed by atoms with Gasteiger partial charge in [-0.25, -0.2) is 4.79 Å². The second-order valence-corrected chi connectivity index (χ2v) is 4.45. The summed E-state index contributed by atoms with van der Waals surface area (Å²) in [5.41, 5.74) is 1.86. The SMILES string of the molecule is Cc1nn(C)c(Cl)c1COc1ccc(C(=O)O)cc1. The lowest BCUT2D eigenvalue weighted by molar-refractivity contribution is 0.0697. The molecule has 0 aliphatic rings. The molecule has 100 valence electrons. The van der Waals surface area contributed by atoms with Crippen LogP contribution in [0.3, 0.4) is 0 Å². The van der Waals surface area contributed by atoms with Gasteiger partial charge in [0, 0.05) is 12.6 Å². The molecule has 0 aliphatic heterocycles. The fourth-order valence-electron chi connectivity index (χ4n) is 1.69. The second kappa shape index (κ2) is 5.32. The Morgan fingerprint density at radius 1 is 1.42 bits per heavy atom.